The molecule has 0 heterocycles. The molecule has 3 N–H and O–H groups in total. The van der Waals surface area contributed by atoms with Crippen LogP contribution < -0.4 is 5.73 Å². The summed E-state index contributed by atoms with van der Waals surface area (Å²) in [6.45, 7) is 1.89. The Bertz CT molecular complexity index is 426. The van der Waals surface area contributed by atoms with Gasteiger partial charge in [0.15, 0.2) is 11.0 Å². The van der Waals surface area contributed by atoms with Crippen molar-refractivity contribution < 1.29 is 20.6 Å². The molecule has 0 bridgehead atoms. The summed E-state index contributed by atoms with van der Waals surface area (Å²) >= 11 is 0. The Morgan fingerprint density at radius 2 is 1.24 bits per heavy atom. The molecular weight excluding hydrogens is 366 g/mol. The molecule has 0 saturated heterocycles. The van der Waals surface area contributed by atoms with E-state index in [0.717, 1.165) is 12.8 Å². The zero-order valence-corrected chi connectivity index (χ0v) is 19.1. The van der Waals surface area contributed by atoms with Gasteiger partial charge in [-0.2, -0.15) is 8.42 Å². The smallest absolute Gasteiger partial charge is 1.00 e. The predicted molar refractivity (Wildman–Crippen MR) is 108 cm³/mol. The Balaban J connectivity index is -0.000000882. The van der Waals surface area contributed by atoms with Crippen LogP contribution >= 0.6 is 0 Å². The third-order valence-electron chi connectivity index (χ3n) is 4.46. The van der Waals surface area contributed by atoms with Crippen molar-refractivity contribution in [3.05, 3.63) is 0 Å². The number of carbonyl (C=O) groups excluding carboxylic acids is 1. The first-order chi connectivity index (χ1) is 11.4. The number of unbranched alkanes of at least 4 members (excludes halogenated alkanes) is 12. The molecule has 0 rings (SSSR count). The van der Waals surface area contributed by atoms with Gasteiger partial charge in [-0.1, -0.05) is 84.0 Å². The number of hydrogen-bond acceptors (Lipinski definition) is 4. The summed E-state index contributed by atoms with van der Waals surface area (Å²) in [7, 11) is -4.36. The molecular formula is C18H39CaNO4S. The van der Waals surface area contributed by atoms with Crippen molar-refractivity contribution >= 4 is 53.6 Å². The van der Waals surface area contributed by atoms with Gasteiger partial charge in [-0.05, 0) is 6.42 Å². The summed E-state index contributed by atoms with van der Waals surface area (Å²) in [5.74, 6) is -0.469. The third kappa shape index (κ3) is 16.7. The Morgan fingerprint density at radius 1 is 0.880 bits per heavy atom. The molecule has 0 saturated carbocycles. The molecule has 7 heteroatoms. The minimum Gasteiger partial charge on any atom is -1.00 e. The van der Waals surface area contributed by atoms with Crippen LogP contribution in [0, 0.1) is 0 Å². The zero-order valence-electron chi connectivity index (χ0n) is 18.0. The van der Waals surface area contributed by atoms with Gasteiger partial charge in [0.1, 0.15) is 0 Å². The Hall–Kier alpha value is 0.800. The van der Waals surface area contributed by atoms with E-state index in [1.807, 2.05) is 0 Å². The van der Waals surface area contributed by atoms with Gasteiger partial charge < -0.3 is 8.59 Å². The maximum Gasteiger partial charge on any atom is 2.00 e. The summed E-state index contributed by atoms with van der Waals surface area (Å²) in [5, 5.41) is -1.45. The average molecular weight is 406 g/mol. The Labute approximate surface area is 187 Å². The molecule has 0 fully saturated rings. The fourth-order valence-corrected chi connectivity index (χ4v) is 3.59. The van der Waals surface area contributed by atoms with Crippen molar-refractivity contribution in [2.75, 3.05) is 6.54 Å². The predicted octanol–water partition coefficient (Wildman–Crippen LogP) is 4.10. The van der Waals surface area contributed by atoms with E-state index >= 15 is 0 Å². The summed E-state index contributed by atoms with van der Waals surface area (Å²) in [4.78, 5) is 11.7. The molecule has 1 unspecified atom stereocenters. The van der Waals surface area contributed by atoms with Gasteiger partial charge in [0, 0.05) is 13.0 Å². The minimum atomic E-state index is -4.36. The van der Waals surface area contributed by atoms with Crippen LogP contribution in [-0.4, -0.2) is 68.3 Å². The topological polar surface area (TPSA) is 97.5 Å². The van der Waals surface area contributed by atoms with Crippen LogP contribution in [-0.2, 0) is 14.9 Å². The summed E-state index contributed by atoms with van der Waals surface area (Å²) < 4.78 is 30.9. The molecule has 0 aliphatic heterocycles. The van der Waals surface area contributed by atoms with E-state index in [1.165, 1.54) is 64.2 Å². The van der Waals surface area contributed by atoms with Gasteiger partial charge in [0.05, 0.1) is 0 Å². The first-order valence-corrected chi connectivity index (χ1v) is 11.1. The molecule has 0 aromatic carbocycles. The van der Waals surface area contributed by atoms with Crippen molar-refractivity contribution in [2.24, 2.45) is 5.73 Å². The number of hydrogen-bond donors (Lipinski definition) is 2. The molecule has 25 heavy (non-hydrogen) atoms. The van der Waals surface area contributed by atoms with E-state index in [1.54, 1.807) is 0 Å². The van der Waals surface area contributed by atoms with Crippen LogP contribution in [0.5, 0.6) is 0 Å². The first-order valence-electron chi connectivity index (χ1n) is 9.62. The summed E-state index contributed by atoms with van der Waals surface area (Å²) in [6, 6.07) is 0. The molecule has 1 atom stereocenters. The largest absolute Gasteiger partial charge is 2.00 e. The van der Waals surface area contributed by atoms with Crippen LogP contribution in [0.15, 0.2) is 0 Å². The van der Waals surface area contributed by atoms with E-state index in [9.17, 15) is 13.2 Å². The fraction of sp³-hybridized carbons (Fsp3) is 0.944. The van der Waals surface area contributed by atoms with Gasteiger partial charge in [-0.15, -0.1) is 0 Å². The van der Waals surface area contributed by atoms with Gasteiger partial charge in [0.25, 0.3) is 10.1 Å². The second-order valence-electron chi connectivity index (χ2n) is 6.70. The number of nitrogens with two attached hydrogens (primary N) is 1. The third-order valence-corrected chi connectivity index (χ3v) is 5.63. The van der Waals surface area contributed by atoms with Gasteiger partial charge in [-0.3, -0.25) is 9.35 Å². The second-order valence-corrected chi connectivity index (χ2v) is 8.30. The fourth-order valence-electron chi connectivity index (χ4n) is 2.90. The Morgan fingerprint density at radius 3 is 1.56 bits per heavy atom. The first kappa shape index (κ1) is 28.0. The SMILES string of the molecule is CCCCCCCCCCCCCCCC(=O)C(CN)S(=O)(=O)O.[Ca+2].[H-].[H-]. The van der Waals surface area contributed by atoms with Gasteiger partial charge in [0.2, 0.25) is 0 Å². The number of ketones is 1. The summed E-state index contributed by atoms with van der Waals surface area (Å²) in [6.07, 6.45) is 16.0. The number of Topliss-reactive ketones (excluding diaryl/α,β-unsaturated/α-hetero) is 1. The zero-order chi connectivity index (χ0) is 18.3. The van der Waals surface area contributed by atoms with Crippen molar-refractivity contribution in [1.29, 1.82) is 0 Å². The van der Waals surface area contributed by atoms with E-state index in [-0.39, 0.29) is 53.6 Å². The molecule has 0 radical (unpaired) electrons. The van der Waals surface area contributed by atoms with E-state index < -0.39 is 21.2 Å². The van der Waals surface area contributed by atoms with Crippen molar-refractivity contribution in [3.63, 3.8) is 0 Å². The second kappa shape index (κ2) is 18.2. The van der Waals surface area contributed by atoms with E-state index in [2.05, 4.69) is 6.92 Å². The van der Waals surface area contributed by atoms with Crippen LogP contribution in [0.1, 0.15) is 99.7 Å². The Kier molecular flexibility index (Phi) is 20.4. The molecule has 148 valence electrons. The molecule has 5 nitrogen and oxygen atoms in total. The number of carbonyl (C=O) groups is 1. The molecule has 0 amide bonds. The van der Waals surface area contributed by atoms with Crippen LogP contribution in [0.4, 0.5) is 0 Å². The molecule has 0 spiro atoms. The monoisotopic (exact) mass is 405 g/mol. The molecule has 0 aliphatic rings. The van der Waals surface area contributed by atoms with Crippen LogP contribution in [0.2, 0.25) is 0 Å². The molecule has 0 aromatic rings. The maximum absolute atomic E-state index is 11.7. The number of rotatable bonds is 17. The van der Waals surface area contributed by atoms with Crippen LogP contribution in [0.3, 0.4) is 0 Å². The maximum atomic E-state index is 11.7. The van der Waals surface area contributed by atoms with Gasteiger partial charge >= 0.3 is 37.7 Å². The standard InChI is InChI=1S/C18H37NO4S.Ca.2H/c1-2-3-4-5-6-7-8-9-10-11-12-13-14-15-17(20)18(16-19)24(21,22)23;;;/h18H,2-16,19H2,1H3,(H,21,22,23);;;/q;+2;2*-1. The quantitative estimate of drug-likeness (QED) is 0.216. The summed E-state index contributed by atoms with van der Waals surface area (Å²) in [5.41, 5.74) is 5.24. The normalized spacial score (nSPS) is 12.6. The molecule has 0 aromatic heterocycles. The minimum absolute atomic E-state index is 0. The van der Waals surface area contributed by atoms with Crippen molar-refractivity contribution in [1.82, 2.24) is 0 Å². The van der Waals surface area contributed by atoms with Crippen molar-refractivity contribution in [3.8, 4) is 0 Å². The van der Waals surface area contributed by atoms with Crippen molar-refractivity contribution in [2.45, 2.75) is 102 Å². The molecule has 0 aliphatic carbocycles. The van der Waals surface area contributed by atoms with Gasteiger partial charge in [-0.25, -0.2) is 0 Å². The average Bonchev–Trinajstić information content (AvgIpc) is 2.51. The van der Waals surface area contributed by atoms with Crippen LogP contribution in [0.25, 0.3) is 0 Å². The van der Waals surface area contributed by atoms with E-state index in [4.69, 9.17) is 10.3 Å². The van der Waals surface area contributed by atoms with E-state index in [0.29, 0.717) is 6.42 Å².